The Kier molecular flexibility index (Phi) is 4.92. The Morgan fingerprint density at radius 2 is 2.26 bits per heavy atom. The summed E-state index contributed by atoms with van der Waals surface area (Å²) in [6.45, 7) is 3.11. The van der Waals surface area contributed by atoms with Crippen LogP contribution >= 0.6 is 11.3 Å². The predicted octanol–water partition coefficient (Wildman–Crippen LogP) is 2.35. The maximum absolute atomic E-state index is 12.6. The first-order chi connectivity index (χ1) is 11.2. The van der Waals surface area contributed by atoms with Crippen LogP contribution in [0.5, 0.6) is 5.75 Å². The molecule has 124 valence electrons. The number of hydrogen-bond acceptors (Lipinski definition) is 7. The molecule has 0 bridgehead atoms. The van der Waals surface area contributed by atoms with Crippen molar-refractivity contribution in [2.24, 2.45) is 5.92 Å². The van der Waals surface area contributed by atoms with Crippen LogP contribution in [0.1, 0.15) is 40.3 Å². The van der Waals surface area contributed by atoms with Gasteiger partial charge in [0.2, 0.25) is 5.89 Å². The first-order valence-corrected chi connectivity index (χ1v) is 8.37. The number of carbonyl (C=O) groups excluding carboxylic acids is 1. The fraction of sp³-hybridized carbons (Fsp3) is 0.533. The van der Waals surface area contributed by atoms with Gasteiger partial charge in [0.1, 0.15) is 16.7 Å². The minimum absolute atomic E-state index is 0.191. The van der Waals surface area contributed by atoms with Gasteiger partial charge in [-0.15, -0.1) is 11.3 Å². The molecule has 1 N–H and O–H groups in total. The van der Waals surface area contributed by atoms with Crippen molar-refractivity contribution in [3.8, 4) is 5.75 Å². The van der Waals surface area contributed by atoms with Crippen LogP contribution in [0.3, 0.4) is 0 Å². The number of rotatable bonds is 5. The number of methoxy groups -OCH3 is 1. The van der Waals surface area contributed by atoms with Gasteiger partial charge in [0.25, 0.3) is 5.91 Å². The molecule has 1 fully saturated rings. The van der Waals surface area contributed by atoms with Gasteiger partial charge in [0, 0.05) is 13.2 Å². The van der Waals surface area contributed by atoms with Crippen molar-refractivity contribution in [3.05, 3.63) is 28.0 Å². The van der Waals surface area contributed by atoms with Crippen molar-refractivity contribution in [1.82, 2.24) is 15.5 Å². The van der Waals surface area contributed by atoms with Crippen LogP contribution in [-0.2, 0) is 4.74 Å². The van der Waals surface area contributed by atoms with E-state index in [-0.39, 0.29) is 17.9 Å². The van der Waals surface area contributed by atoms with Crippen LogP contribution in [0.2, 0.25) is 0 Å². The normalized spacial score (nSPS) is 17.0. The molecule has 1 unspecified atom stereocenters. The Morgan fingerprint density at radius 1 is 1.48 bits per heavy atom. The van der Waals surface area contributed by atoms with Gasteiger partial charge < -0.3 is 19.3 Å². The highest BCUT2D eigenvalue weighted by Crippen LogP contribution is 2.31. The molecule has 2 aromatic rings. The molecule has 0 saturated carbocycles. The smallest absolute Gasteiger partial charge is 0.265 e. The molecule has 3 heterocycles. The second-order valence-electron chi connectivity index (χ2n) is 5.40. The molecule has 8 heteroatoms. The Balaban J connectivity index is 1.82. The van der Waals surface area contributed by atoms with Crippen LogP contribution in [-0.4, -0.2) is 36.4 Å². The summed E-state index contributed by atoms with van der Waals surface area (Å²) < 4.78 is 15.9. The van der Waals surface area contributed by atoms with Crippen molar-refractivity contribution in [1.29, 1.82) is 0 Å². The third-order valence-electron chi connectivity index (χ3n) is 3.89. The summed E-state index contributed by atoms with van der Waals surface area (Å²) in [7, 11) is 1.55. The third kappa shape index (κ3) is 3.53. The maximum Gasteiger partial charge on any atom is 0.265 e. The van der Waals surface area contributed by atoms with E-state index in [4.69, 9.17) is 14.0 Å². The molecule has 23 heavy (non-hydrogen) atoms. The van der Waals surface area contributed by atoms with E-state index >= 15 is 0 Å². The average Bonchev–Trinajstić information content (AvgIpc) is 3.21. The second-order valence-corrected chi connectivity index (χ2v) is 6.31. The molecule has 0 aromatic carbocycles. The van der Waals surface area contributed by atoms with Crippen LogP contribution in [0.4, 0.5) is 0 Å². The largest absolute Gasteiger partial charge is 0.495 e. The summed E-state index contributed by atoms with van der Waals surface area (Å²) in [5.74, 6) is 1.58. The van der Waals surface area contributed by atoms with Gasteiger partial charge in [-0.1, -0.05) is 5.16 Å². The number of hydrogen-bond donors (Lipinski definition) is 1. The molecule has 1 aliphatic heterocycles. The highest BCUT2D eigenvalue weighted by molar-refractivity contribution is 7.12. The van der Waals surface area contributed by atoms with Crippen LogP contribution in [0.25, 0.3) is 0 Å². The highest BCUT2D eigenvalue weighted by atomic mass is 32.1. The van der Waals surface area contributed by atoms with E-state index in [1.165, 1.54) is 11.3 Å². The lowest BCUT2D eigenvalue weighted by Crippen LogP contribution is -2.36. The first-order valence-electron chi connectivity index (χ1n) is 7.49. The van der Waals surface area contributed by atoms with Crippen LogP contribution in [0, 0.1) is 12.8 Å². The van der Waals surface area contributed by atoms with Crippen molar-refractivity contribution < 1.29 is 18.8 Å². The zero-order valence-corrected chi connectivity index (χ0v) is 13.9. The van der Waals surface area contributed by atoms with Crippen molar-refractivity contribution in [3.63, 3.8) is 0 Å². The molecule has 1 atom stereocenters. The summed E-state index contributed by atoms with van der Waals surface area (Å²) in [4.78, 5) is 17.5. The number of nitrogens with one attached hydrogen (secondary N) is 1. The molecule has 7 nitrogen and oxygen atoms in total. The summed E-state index contributed by atoms with van der Waals surface area (Å²) >= 11 is 1.34. The molecular weight excluding hydrogens is 318 g/mol. The van der Waals surface area contributed by atoms with E-state index < -0.39 is 0 Å². The lowest BCUT2D eigenvalue weighted by Gasteiger charge is -2.28. The second kappa shape index (κ2) is 7.10. The van der Waals surface area contributed by atoms with Crippen molar-refractivity contribution in [2.45, 2.75) is 25.8 Å². The van der Waals surface area contributed by atoms with E-state index in [1.54, 1.807) is 20.1 Å². The SMILES string of the molecule is COc1ccsc1C(=O)NC(c1nc(C)no1)C1CCOCC1. The average molecular weight is 337 g/mol. The zero-order chi connectivity index (χ0) is 16.2. The Morgan fingerprint density at radius 3 is 2.91 bits per heavy atom. The first kappa shape index (κ1) is 15.9. The molecular formula is C15H19N3O4S. The fourth-order valence-electron chi connectivity index (χ4n) is 2.70. The molecule has 0 radical (unpaired) electrons. The number of nitrogens with zero attached hydrogens (tertiary/aromatic N) is 2. The van der Waals surface area contributed by atoms with Gasteiger partial charge in [-0.25, -0.2) is 0 Å². The van der Waals surface area contributed by atoms with E-state index in [9.17, 15) is 4.79 Å². The highest BCUT2D eigenvalue weighted by Gasteiger charge is 2.32. The van der Waals surface area contributed by atoms with E-state index in [0.29, 0.717) is 35.6 Å². The Bertz CT molecular complexity index is 663. The zero-order valence-electron chi connectivity index (χ0n) is 13.1. The number of aryl methyl sites for hydroxylation is 1. The summed E-state index contributed by atoms with van der Waals surface area (Å²) in [6.07, 6.45) is 1.68. The van der Waals surface area contributed by atoms with E-state index in [1.807, 2.05) is 5.38 Å². The number of amides is 1. The van der Waals surface area contributed by atoms with Gasteiger partial charge in [-0.05, 0) is 37.1 Å². The molecule has 1 saturated heterocycles. The van der Waals surface area contributed by atoms with E-state index in [2.05, 4.69) is 15.5 Å². The lowest BCUT2D eigenvalue weighted by atomic mass is 9.91. The molecule has 1 amide bonds. The predicted molar refractivity (Wildman–Crippen MR) is 83.7 cm³/mol. The third-order valence-corrected chi connectivity index (χ3v) is 4.78. The molecule has 1 aliphatic rings. The summed E-state index contributed by atoms with van der Waals surface area (Å²) in [5.41, 5.74) is 0. The van der Waals surface area contributed by atoms with Gasteiger partial charge in [-0.3, -0.25) is 4.79 Å². The van der Waals surface area contributed by atoms with E-state index in [0.717, 1.165) is 12.8 Å². The van der Waals surface area contributed by atoms with Gasteiger partial charge >= 0.3 is 0 Å². The van der Waals surface area contributed by atoms with Gasteiger partial charge in [-0.2, -0.15) is 4.98 Å². The number of carbonyl (C=O) groups is 1. The maximum atomic E-state index is 12.6. The summed E-state index contributed by atoms with van der Waals surface area (Å²) in [6, 6.07) is 1.46. The van der Waals surface area contributed by atoms with Crippen molar-refractivity contribution in [2.75, 3.05) is 20.3 Å². The van der Waals surface area contributed by atoms with Crippen molar-refractivity contribution >= 4 is 17.2 Å². The molecule has 0 spiro atoms. The number of aromatic nitrogens is 2. The monoisotopic (exact) mass is 337 g/mol. The molecule has 3 rings (SSSR count). The number of thiophene rings is 1. The number of ether oxygens (including phenoxy) is 2. The topological polar surface area (TPSA) is 86.5 Å². The Hall–Kier alpha value is -1.93. The van der Waals surface area contributed by atoms with Crippen LogP contribution < -0.4 is 10.1 Å². The minimum Gasteiger partial charge on any atom is -0.495 e. The minimum atomic E-state index is -0.320. The van der Waals surface area contributed by atoms with Crippen LogP contribution in [0.15, 0.2) is 16.0 Å². The fourth-order valence-corrected chi connectivity index (χ4v) is 3.46. The summed E-state index contributed by atoms with van der Waals surface area (Å²) in [5, 5.41) is 8.71. The Labute approximate surface area is 138 Å². The lowest BCUT2D eigenvalue weighted by molar-refractivity contribution is 0.0468. The standard InChI is InChI=1S/C15H19N3O4S/c1-9-16-15(22-18-9)12(10-3-6-21-7-4-10)17-14(19)13-11(20-2)5-8-23-13/h5,8,10,12H,3-4,6-7H2,1-2H3,(H,17,19). The van der Waals surface area contributed by atoms with Gasteiger partial charge in [0.05, 0.1) is 7.11 Å². The molecule has 0 aliphatic carbocycles. The van der Waals surface area contributed by atoms with Gasteiger partial charge in [0.15, 0.2) is 5.82 Å². The quantitative estimate of drug-likeness (QED) is 0.901. The molecule has 2 aromatic heterocycles.